The van der Waals surface area contributed by atoms with Gasteiger partial charge in [0.25, 0.3) is 0 Å². The first-order valence-electron chi connectivity index (χ1n) is 9.69. The van der Waals surface area contributed by atoms with E-state index in [9.17, 15) is 23.1 Å². The molecule has 0 aliphatic carbocycles. The second kappa shape index (κ2) is 9.40. The van der Waals surface area contributed by atoms with Crippen LogP contribution in [0.2, 0.25) is 0 Å². The van der Waals surface area contributed by atoms with Gasteiger partial charge in [-0.2, -0.15) is 13.2 Å². The van der Waals surface area contributed by atoms with Crippen molar-refractivity contribution >= 4 is 17.7 Å². The average Bonchev–Trinajstić information content (AvgIpc) is 3.14. The number of aliphatic hydroxyl groups excluding tert-OH is 1. The van der Waals surface area contributed by atoms with E-state index >= 15 is 0 Å². The lowest BCUT2D eigenvalue weighted by atomic mass is 10.2. The lowest BCUT2D eigenvalue weighted by Crippen LogP contribution is -2.55. The van der Waals surface area contributed by atoms with Crippen molar-refractivity contribution in [3.8, 4) is 5.69 Å². The molecule has 0 bridgehead atoms. The van der Waals surface area contributed by atoms with Crippen molar-refractivity contribution in [2.24, 2.45) is 0 Å². The van der Waals surface area contributed by atoms with Crippen molar-refractivity contribution in [3.63, 3.8) is 0 Å². The number of rotatable bonds is 6. The van der Waals surface area contributed by atoms with Gasteiger partial charge in [0, 0.05) is 50.3 Å². The molecule has 2 atom stereocenters. The van der Waals surface area contributed by atoms with Crippen LogP contribution in [-0.2, 0) is 11.0 Å². The van der Waals surface area contributed by atoms with Crippen molar-refractivity contribution in [3.05, 3.63) is 42.2 Å². The van der Waals surface area contributed by atoms with Crippen LogP contribution in [0, 0.1) is 0 Å². The third-order valence-corrected chi connectivity index (χ3v) is 5.91. The molecule has 1 aromatic heterocycles. The molecule has 10 heteroatoms. The van der Waals surface area contributed by atoms with Gasteiger partial charge >= 0.3 is 6.18 Å². The third-order valence-electron chi connectivity index (χ3n) is 4.96. The number of nitrogens with zero attached hydrogens (tertiary/aromatic N) is 4. The molecule has 1 fully saturated rings. The topological polar surface area (TPSA) is 61.6 Å². The van der Waals surface area contributed by atoms with E-state index < -0.39 is 17.8 Å². The van der Waals surface area contributed by atoms with Crippen molar-refractivity contribution in [1.82, 2.24) is 19.4 Å². The van der Waals surface area contributed by atoms with Gasteiger partial charge in [-0.25, -0.2) is 4.98 Å². The molecule has 0 saturated carbocycles. The molecule has 1 aliphatic rings. The predicted octanol–water partition coefficient (Wildman–Crippen LogP) is 2.90. The van der Waals surface area contributed by atoms with E-state index in [1.165, 1.54) is 23.9 Å². The van der Waals surface area contributed by atoms with Gasteiger partial charge in [0.15, 0.2) is 5.16 Å². The summed E-state index contributed by atoms with van der Waals surface area (Å²) in [5.74, 6) is 0.185. The number of β-amino-alcohol motifs (C(OH)–C–C–N with tert-alkyl or cyclic N) is 1. The van der Waals surface area contributed by atoms with Crippen molar-refractivity contribution in [2.75, 3.05) is 31.9 Å². The predicted molar refractivity (Wildman–Crippen MR) is 109 cm³/mol. The number of halogens is 3. The summed E-state index contributed by atoms with van der Waals surface area (Å²) >= 11 is 1.26. The third kappa shape index (κ3) is 5.55. The van der Waals surface area contributed by atoms with Crippen LogP contribution in [0.15, 0.2) is 41.8 Å². The molecule has 6 nitrogen and oxygen atoms in total. The summed E-state index contributed by atoms with van der Waals surface area (Å²) < 4.78 is 40.0. The molecule has 1 amide bonds. The van der Waals surface area contributed by atoms with Crippen molar-refractivity contribution < 1.29 is 23.1 Å². The van der Waals surface area contributed by atoms with Gasteiger partial charge in [-0.05, 0) is 38.1 Å². The summed E-state index contributed by atoms with van der Waals surface area (Å²) in [5.41, 5.74) is -0.157. The van der Waals surface area contributed by atoms with E-state index in [1.54, 1.807) is 23.9 Å². The molecule has 2 aromatic rings. The number of carbonyl (C=O) groups is 1. The number of benzene rings is 1. The summed E-state index contributed by atoms with van der Waals surface area (Å²) in [5, 5.41) is 10.1. The molecule has 2 unspecified atom stereocenters. The average molecular weight is 443 g/mol. The van der Waals surface area contributed by atoms with Gasteiger partial charge in [-0.1, -0.05) is 11.8 Å². The van der Waals surface area contributed by atoms with Gasteiger partial charge < -0.3 is 10.0 Å². The van der Waals surface area contributed by atoms with Crippen LogP contribution in [0.3, 0.4) is 0 Å². The highest BCUT2D eigenvalue weighted by atomic mass is 32.2. The zero-order chi connectivity index (χ0) is 21.9. The standard InChI is InChI=1S/C20H25F3N4O2S/c1-14-11-25(12-15(2)28)9-10-26(14)18(29)13-30-19-24-7-8-27(19)17-5-3-16(4-6-17)20(21,22)23/h3-8,14-15,28H,9-13H2,1-2H3. The number of aromatic nitrogens is 2. The van der Waals surface area contributed by atoms with Gasteiger partial charge in [-0.3, -0.25) is 14.3 Å². The molecule has 1 aromatic carbocycles. The Kier molecular flexibility index (Phi) is 7.10. The fourth-order valence-corrected chi connectivity index (χ4v) is 4.42. The van der Waals surface area contributed by atoms with Crippen molar-refractivity contribution in [2.45, 2.75) is 37.3 Å². The zero-order valence-corrected chi connectivity index (χ0v) is 17.7. The molecular formula is C20H25F3N4O2S. The fraction of sp³-hybridized carbons (Fsp3) is 0.500. The highest BCUT2D eigenvalue weighted by Gasteiger charge is 2.30. The Balaban J connectivity index is 1.60. The Hall–Kier alpha value is -2.04. The van der Waals surface area contributed by atoms with Crippen LogP contribution in [0.4, 0.5) is 13.2 Å². The molecule has 1 saturated heterocycles. The van der Waals surface area contributed by atoms with E-state index in [-0.39, 0.29) is 17.7 Å². The van der Waals surface area contributed by atoms with Crippen LogP contribution >= 0.6 is 11.8 Å². The van der Waals surface area contributed by atoms with Gasteiger partial charge in [0.05, 0.1) is 17.4 Å². The summed E-state index contributed by atoms with van der Waals surface area (Å²) in [6.07, 6.45) is -1.57. The Labute approximate surface area is 177 Å². The Morgan fingerprint density at radius 1 is 1.30 bits per heavy atom. The molecule has 0 radical (unpaired) electrons. The number of hydrogen-bond donors (Lipinski definition) is 1. The number of piperazine rings is 1. The normalized spacial score (nSPS) is 19.1. The molecule has 164 valence electrons. The van der Waals surface area contributed by atoms with Crippen LogP contribution in [-0.4, -0.2) is 74.4 Å². The first-order valence-corrected chi connectivity index (χ1v) is 10.7. The Morgan fingerprint density at radius 3 is 2.60 bits per heavy atom. The minimum Gasteiger partial charge on any atom is -0.392 e. The van der Waals surface area contributed by atoms with E-state index in [0.717, 1.165) is 12.1 Å². The van der Waals surface area contributed by atoms with E-state index in [0.29, 0.717) is 37.0 Å². The van der Waals surface area contributed by atoms with Crippen molar-refractivity contribution in [1.29, 1.82) is 0 Å². The summed E-state index contributed by atoms with van der Waals surface area (Å²) in [4.78, 5) is 20.9. The largest absolute Gasteiger partial charge is 0.416 e. The number of thioether (sulfide) groups is 1. The number of carbonyl (C=O) groups excluding carboxylic acids is 1. The highest BCUT2D eigenvalue weighted by Crippen LogP contribution is 2.30. The fourth-order valence-electron chi connectivity index (χ4n) is 3.56. The monoisotopic (exact) mass is 442 g/mol. The highest BCUT2D eigenvalue weighted by molar-refractivity contribution is 7.99. The van der Waals surface area contributed by atoms with Gasteiger partial charge in [0.1, 0.15) is 0 Å². The molecule has 3 rings (SSSR count). The maximum absolute atomic E-state index is 12.8. The second-order valence-corrected chi connectivity index (χ2v) is 8.40. The Morgan fingerprint density at radius 2 is 2.00 bits per heavy atom. The summed E-state index contributed by atoms with van der Waals surface area (Å²) in [6.45, 7) is 6.34. The SMILES string of the molecule is CC(O)CN1CCN(C(=O)CSc2nccn2-c2ccc(C(F)(F)F)cc2)C(C)C1. The van der Waals surface area contributed by atoms with Gasteiger partial charge in [0.2, 0.25) is 5.91 Å². The first kappa shape index (κ1) is 22.6. The molecule has 0 spiro atoms. The number of aliphatic hydroxyl groups is 1. The zero-order valence-electron chi connectivity index (χ0n) is 16.8. The second-order valence-electron chi connectivity index (χ2n) is 7.46. The number of imidazole rings is 1. The van der Waals surface area contributed by atoms with E-state index in [4.69, 9.17) is 0 Å². The van der Waals surface area contributed by atoms with Crippen LogP contribution in [0.25, 0.3) is 5.69 Å². The lowest BCUT2D eigenvalue weighted by Gasteiger charge is -2.40. The summed E-state index contributed by atoms with van der Waals surface area (Å²) in [7, 11) is 0. The molecule has 30 heavy (non-hydrogen) atoms. The lowest BCUT2D eigenvalue weighted by molar-refractivity contribution is -0.137. The molecular weight excluding hydrogens is 417 g/mol. The first-order chi connectivity index (χ1) is 14.1. The number of hydrogen-bond acceptors (Lipinski definition) is 5. The van der Waals surface area contributed by atoms with Crippen LogP contribution < -0.4 is 0 Å². The van der Waals surface area contributed by atoms with E-state index in [1.807, 2.05) is 11.8 Å². The minimum atomic E-state index is -4.38. The minimum absolute atomic E-state index is 0.00818. The Bertz CT molecular complexity index is 854. The number of alkyl halides is 3. The van der Waals surface area contributed by atoms with Gasteiger partial charge in [-0.15, -0.1) is 0 Å². The quantitative estimate of drug-likeness (QED) is 0.698. The number of amides is 1. The maximum Gasteiger partial charge on any atom is 0.416 e. The molecule has 1 aliphatic heterocycles. The maximum atomic E-state index is 12.8. The van der Waals surface area contributed by atoms with Crippen LogP contribution in [0.5, 0.6) is 0 Å². The molecule has 1 N–H and O–H groups in total. The summed E-state index contributed by atoms with van der Waals surface area (Å²) in [6, 6.07) is 4.88. The van der Waals surface area contributed by atoms with E-state index in [2.05, 4.69) is 9.88 Å². The van der Waals surface area contributed by atoms with Crippen LogP contribution in [0.1, 0.15) is 19.4 Å². The smallest absolute Gasteiger partial charge is 0.392 e. The molecule has 2 heterocycles.